The molecule has 1 rings (SSSR count). The van der Waals surface area contributed by atoms with Crippen molar-refractivity contribution in [2.75, 3.05) is 19.0 Å². The van der Waals surface area contributed by atoms with Crippen molar-refractivity contribution in [1.29, 1.82) is 0 Å². The van der Waals surface area contributed by atoms with Crippen molar-refractivity contribution in [3.63, 3.8) is 0 Å². The summed E-state index contributed by atoms with van der Waals surface area (Å²) in [6, 6.07) is 6.84. The number of hydrogen-bond acceptors (Lipinski definition) is 2. The lowest BCUT2D eigenvalue weighted by Crippen LogP contribution is -2.40. The van der Waals surface area contributed by atoms with Crippen molar-refractivity contribution >= 4 is 5.69 Å². The maximum absolute atomic E-state index is 12.6. The van der Waals surface area contributed by atoms with Crippen LogP contribution in [-0.4, -0.2) is 20.5 Å². The smallest absolute Gasteiger partial charge is 0.260 e. The van der Waals surface area contributed by atoms with Gasteiger partial charge in [0, 0.05) is 19.8 Å². The largest absolute Gasteiger partial charge is 0.378 e. The lowest BCUT2D eigenvalue weighted by Gasteiger charge is -2.24. The summed E-state index contributed by atoms with van der Waals surface area (Å²) >= 11 is 0. The van der Waals surface area contributed by atoms with E-state index in [-0.39, 0.29) is 0 Å². The Morgan fingerprint density at radius 1 is 1.20 bits per heavy atom. The summed E-state index contributed by atoms with van der Waals surface area (Å²) in [6.45, 7) is 1.34. The number of halogens is 2. The van der Waals surface area contributed by atoms with Crippen LogP contribution < -0.4 is 10.6 Å². The van der Waals surface area contributed by atoms with Gasteiger partial charge in [-0.15, -0.1) is 0 Å². The first-order valence-electron chi connectivity index (χ1n) is 4.70. The Balaban J connectivity index is 2.98. The molecule has 0 aliphatic carbocycles. The summed E-state index contributed by atoms with van der Waals surface area (Å²) < 4.78 is 25.2. The molecular weight excluding hydrogens is 198 g/mol. The highest BCUT2D eigenvalue weighted by atomic mass is 19.3. The van der Waals surface area contributed by atoms with E-state index in [0.717, 1.165) is 5.69 Å². The average molecular weight is 214 g/mol. The third kappa shape index (κ3) is 2.45. The zero-order valence-electron chi connectivity index (χ0n) is 9.17. The SMILES string of the molecule is CN(C)c1ccc(C(C)(N)C(F)F)cc1. The minimum atomic E-state index is -2.57. The number of benzene rings is 1. The predicted molar refractivity (Wildman–Crippen MR) is 58.3 cm³/mol. The predicted octanol–water partition coefficient (Wildman–Crippen LogP) is 2.19. The average Bonchev–Trinajstić information content (AvgIpc) is 2.17. The van der Waals surface area contributed by atoms with Crippen molar-refractivity contribution in [3.05, 3.63) is 29.8 Å². The molecule has 0 saturated heterocycles. The van der Waals surface area contributed by atoms with Crippen LogP contribution in [0.3, 0.4) is 0 Å². The van der Waals surface area contributed by atoms with E-state index in [1.54, 1.807) is 24.3 Å². The first kappa shape index (κ1) is 11.9. The van der Waals surface area contributed by atoms with Gasteiger partial charge in [0.25, 0.3) is 6.43 Å². The fourth-order valence-corrected chi connectivity index (χ4v) is 1.24. The van der Waals surface area contributed by atoms with E-state index < -0.39 is 12.0 Å². The topological polar surface area (TPSA) is 29.3 Å². The lowest BCUT2D eigenvalue weighted by atomic mass is 9.93. The molecule has 0 bridgehead atoms. The molecule has 1 atom stereocenters. The molecule has 0 spiro atoms. The number of nitrogens with two attached hydrogens (primary N) is 1. The molecule has 0 aromatic heterocycles. The second-order valence-corrected chi connectivity index (χ2v) is 4.02. The van der Waals surface area contributed by atoms with Crippen LogP contribution in [0.2, 0.25) is 0 Å². The molecule has 2 nitrogen and oxygen atoms in total. The zero-order valence-corrected chi connectivity index (χ0v) is 9.17. The maximum atomic E-state index is 12.6. The van der Waals surface area contributed by atoms with Gasteiger partial charge in [-0.25, -0.2) is 8.78 Å². The third-order valence-corrected chi connectivity index (χ3v) is 2.46. The highest BCUT2D eigenvalue weighted by molar-refractivity contribution is 5.47. The Morgan fingerprint density at radius 3 is 2.00 bits per heavy atom. The van der Waals surface area contributed by atoms with Crippen LogP contribution in [0, 0.1) is 0 Å². The standard InChI is InChI=1S/C11H16F2N2/c1-11(14,10(12)13)8-4-6-9(7-5-8)15(2)3/h4-7,10H,14H2,1-3H3. The van der Waals surface area contributed by atoms with Gasteiger partial charge < -0.3 is 10.6 Å². The fraction of sp³-hybridized carbons (Fsp3) is 0.455. The van der Waals surface area contributed by atoms with E-state index in [9.17, 15) is 8.78 Å². The summed E-state index contributed by atoms with van der Waals surface area (Å²) in [5.41, 5.74) is 5.37. The van der Waals surface area contributed by atoms with Gasteiger partial charge in [0.05, 0.1) is 5.54 Å². The van der Waals surface area contributed by atoms with E-state index in [1.165, 1.54) is 6.92 Å². The number of hydrogen-bond donors (Lipinski definition) is 1. The van der Waals surface area contributed by atoms with Crippen molar-refractivity contribution in [3.8, 4) is 0 Å². The highest BCUT2D eigenvalue weighted by Crippen LogP contribution is 2.26. The first-order valence-corrected chi connectivity index (χ1v) is 4.70. The molecule has 0 saturated carbocycles. The van der Waals surface area contributed by atoms with E-state index in [2.05, 4.69) is 0 Å². The molecule has 0 aliphatic rings. The first-order chi connectivity index (χ1) is 6.85. The minimum absolute atomic E-state index is 0.447. The molecule has 0 aliphatic heterocycles. The Kier molecular flexibility index (Phi) is 3.29. The molecule has 1 aromatic carbocycles. The van der Waals surface area contributed by atoms with Crippen molar-refractivity contribution in [1.82, 2.24) is 0 Å². The summed E-state index contributed by atoms with van der Waals surface area (Å²) in [7, 11) is 3.79. The van der Waals surface area contributed by atoms with E-state index >= 15 is 0 Å². The fourth-order valence-electron chi connectivity index (χ4n) is 1.24. The van der Waals surface area contributed by atoms with E-state index in [4.69, 9.17) is 5.73 Å². The van der Waals surface area contributed by atoms with E-state index in [1.807, 2.05) is 19.0 Å². The van der Waals surface area contributed by atoms with Crippen molar-refractivity contribution < 1.29 is 8.78 Å². The highest BCUT2D eigenvalue weighted by Gasteiger charge is 2.32. The van der Waals surface area contributed by atoms with Gasteiger partial charge >= 0.3 is 0 Å². The monoisotopic (exact) mass is 214 g/mol. The second-order valence-electron chi connectivity index (χ2n) is 4.02. The minimum Gasteiger partial charge on any atom is -0.378 e. The summed E-state index contributed by atoms with van der Waals surface area (Å²) in [4.78, 5) is 1.90. The van der Waals surface area contributed by atoms with Crippen LogP contribution in [0.15, 0.2) is 24.3 Å². The Bertz CT molecular complexity index is 318. The molecular formula is C11H16F2N2. The Hall–Kier alpha value is -1.16. The van der Waals surface area contributed by atoms with Crippen LogP contribution in [0.1, 0.15) is 12.5 Å². The third-order valence-electron chi connectivity index (χ3n) is 2.46. The van der Waals surface area contributed by atoms with Crippen LogP contribution in [0.25, 0.3) is 0 Å². The number of nitrogens with zero attached hydrogens (tertiary/aromatic N) is 1. The van der Waals surface area contributed by atoms with Gasteiger partial charge in [-0.3, -0.25) is 0 Å². The van der Waals surface area contributed by atoms with Crippen molar-refractivity contribution in [2.24, 2.45) is 5.73 Å². The molecule has 1 unspecified atom stereocenters. The van der Waals surface area contributed by atoms with E-state index in [0.29, 0.717) is 5.56 Å². The summed E-state index contributed by atoms with van der Waals surface area (Å²) in [5.74, 6) is 0. The summed E-state index contributed by atoms with van der Waals surface area (Å²) in [6.07, 6.45) is -2.57. The lowest BCUT2D eigenvalue weighted by molar-refractivity contribution is 0.0625. The van der Waals surface area contributed by atoms with Crippen LogP contribution in [0.4, 0.5) is 14.5 Å². The van der Waals surface area contributed by atoms with Gasteiger partial charge in [0.15, 0.2) is 0 Å². The van der Waals surface area contributed by atoms with Gasteiger partial charge in [-0.2, -0.15) is 0 Å². The zero-order chi connectivity index (χ0) is 11.6. The van der Waals surface area contributed by atoms with Gasteiger partial charge in [0.1, 0.15) is 0 Å². The maximum Gasteiger partial charge on any atom is 0.260 e. The van der Waals surface area contributed by atoms with Crippen molar-refractivity contribution in [2.45, 2.75) is 18.9 Å². The molecule has 84 valence electrons. The second kappa shape index (κ2) is 4.14. The van der Waals surface area contributed by atoms with Crippen LogP contribution in [0.5, 0.6) is 0 Å². The normalized spacial score (nSPS) is 15.1. The molecule has 1 aromatic rings. The molecule has 2 N–H and O–H groups in total. The van der Waals surface area contributed by atoms with Crippen LogP contribution >= 0.6 is 0 Å². The van der Waals surface area contributed by atoms with Gasteiger partial charge in [0.2, 0.25) is 0 Å². The van der Waals surface area contributed by atoms with Crippen LogP contribution in [-0.2, 0) is 5.54 Å². The molecule has 0 heterocycles. The Morgan fingerprint density at radius 2 is 1.67 bits per heavy atom. The molecule has 4 heteroatoms. The quantitative estimate of drug-likeness (QED) is 0.835. The Labute approximate surface area is 88.7 Å². The number of rotatable bonds is 3. The molecule has 0 fully saturated rings. The summed E-state index contributed by atoms with van der Waals surface area (Å²) in [5, 5.41) is 0. The molecule has 0 amide bonds. The molecule has 15 heavy (non-hydrogen) atoms. The molecule has 0 radical (unpaired) electrons. The number of alkyl halides is 2. The van der Waals surface area contributed by atoms with Gasteiger partial charge in [-0.1, -0.05) is 12.1 Å². The van der Waals surface area contributed by atoms with Gasteiger partial charge in [-0.05, 0) is 24.6 Å². The number of anilines is 1.